The maximum absolute atomic E-state index is 12.5. The van der Waals surface area contributed by atoms with E-state index < -0.39 is 18.0 Å². The largest absolute Gasteiger partial charge is 0.482 e. The number of anilines is 1. The second-order valence-corrected chi connectivity index (χ2v) is 7.11. The molecular weight excluding hydrogens is 382 g/mol. The summed E-state index contributed by atoms with van der Waals surface area (Å²) >= 11 is 0. The van der Waals surface area contributed by atoms with Crippen molar-refractivity contribution in [3.05, 3.63) is 59.7 Å². The summed E-state index contributed by atoms with van der Waals surface area (Å²) in [5, 5.41) is 2.84. The maximum atomic E-state index is 12.5. The van der Waals surface area contributed by atoms with Crippen molar-refractivity contribution in [2.75, 3.05) is 11.9 Å². The zero-order chi connectivity index (χ0) is 22.1. The van der Waals surface area contributed by atoms with Crippen molar-refractivity contribution in [1.29, 1.82) is 0 Å². The van der Waals surface area contributed by atoms with E-state index in [9.17, 15) is 14.4 Å². The molecule has 1 amide bonds. The van der Waals surface area contributed by atoms with Crippen molar-refractivity contribution >= 4 is 23.3 Å². The van der Waals surface area contributed by atoms with E-state index in [4.69, 9.17) is 9.47 Å². The Bertz CT molecular complexity index is 875. The summed E-state index contributed by atoms with van der Waals surface area (Å²) in [6, 6.07) is 14.1. The van der Waals surface area contributed by atoms with Crippen LogP contribution in [0, 0.1) is 0 Å². The molecule has 0 fully saturated rings. The summed E-state index contributed by atoms with van der Waals surface area (Å²) in [5.41, 5.74) is 2.35. The van der Waals surface area contributed by atoms with Gasteiger partial charge in [-0.1, -0.05) is 39.0 Å². The molecule has 0 heterocycles. The lowest BCUT2D eigenvalue weighted by Crippen LogP contribution is -2.32. The summed E-state index contributed by atoms with van der Waals surface area (Å²) in [7, 11) is 0. The number of ketones is 1. The van der Waals surface area contributed by atoms with Crippen LogP contribution in [0.15, 0.2) is 48.5 Å². The normalized spacial score (nSPS) is 12.5. The number of para-hydroxylation sites is 1. The standard InChI is InChI=1S/C24H29NO5/c1-5-16(3)20-9-7-8-10-21(20)25-24(28)17(4)30-23(27)15-29-19-13-11-18(12-14-19)22(26)6-2/h7-14,16-17H,5-6,15H2,1-4H3,(H,25,28)/t16-,17-/m1/s1. The fraction of sp³-hybridized carbons (Fsp3) is 0.375. The number of rotatable bonds is 10. The van der Waals surface area contributed by atoms with Crippen LogP contribution < -0.4 is 10.1 Å². The molecule has 2 aromatic rings. The summed E-state index contributed by atoms with van der Waals surface area (Å²) in [6.07, 6.45) is 0.409. The topological polar surface area (TPSA) is 81.7 Å². The van der Waals surface area contributed by atoms with E-state index >= 15 is 0 Å². The van der Waals surface area contributed by atoms with Gasteiger partial charge in [0.2, 0.25) is 0 Å². The molecule has 0 aliphatic heterocycles. The van der Waals surface area contributed by atoms with E-state index in [1.54, 1.807) is 31.2 Å². The second kappa shape index (κ2) is 11.1. The van der Waals surface area contributed by atoms with Gasteiger partial charge in [0.05, 0.1) is 0 Å². The number of carbonyl (C=O) groups excluding carboxylic acids is 3. The molecule has 0 bridgehead atoms. The van der Waals surface area contributed by atoms with E-state index in [0.29, 0.717) is 23.7 Å². The van der Waals surface area contributed by atoms with Crippen LogP contribution in [-0.2, 0) is 14.3 Å². The summed E-state index contributed by atoms with van der Waals surface area (Å²) in [4.78, 5) is 36.1. The van der Waals surface area contributed by atoms with Crippen molar-refractivity contribution in [2.45, 2.75) is 52.6 Å². The van der Waals surface area contributed by atoms with Gasteiger partial charge in [-0.05, 0) is 55.2 Å². The van der Waals surface area contributed by atoms with E-state index in [1.807, 2.05) is 24.3 Å². The van der Waals surface area contributed by atoms with Gasteiger partial charge in [-0.2, -0.15) is 0 Å². The van der Waals surface area contributed by atoms with Crippen LogP contribution in [0.5, 0.6) is 5.75 Å². The van der Waals surface area contributed by atoms with Gasteiger partial charge in [0.15, 0.2) is 18.5 Å². The Morgan fingerprint density at radius 3 is 2.27 bits per heavy atom. The quantitative estimate of drug-likeness (QED) is 0.451. The smallest absolute Gasteiger partial charge is 0.344 e. The molecule has 2 rings (SSSR count). The Hall–Kier alpha value is -3.15. The number of ether oxygens (including phenoxy) is 2. The predicted molar refractivity (Wildman–Crippen MR) is 116 cm³/mol. The number of hydrogen-bond donors (Lipinski definition) is 1. The minimum atomic E-state index is -0.962. The number of hydrogen-bond acceptors (Lipinski definition) is 5. The number of esters is 1. The number of Topliss-reactive ketones (excluding diaryl/α,β-unsaturated/α-hetero) is 1. The highest BCUT2D eigenvalue weighted by Gasteiger charge is 2.20. The van der Waals surface area contributed by atoms with Gasteiger partial charge in [0, 0.05) is 17.7 Å². The Balaban J connectivity index is 1.87. The van der Waals surface area contributed by atoms with Crippen molar-refractivity contribution in [1.82, 2.24) is 0 Å². The van der Waals surface area contributed by atoms with Gasteiger partial charge < -0.3 is 14.8 Å². The van der Waals surface area contributed by atoms with Gasteiger partial charge in [-0.3, -0.25) is 9.59 Å². The summed E-state index contributed by atoms with van der Waals surface area (Å²) in [5.74, 6) is -0.273. The molecule has 0 spiro atoms. The molecule has 160 valence electrons. The molecule has 30 heavy (non-hydrogen) atoms. The number of nitrogens with one attached hydrogen (secondary N) is 1. The van der Waals surface area contributed by atoms with Crippen LogP contribution in [-0.4, -0.2) is 30.4 Å². The van der Waals surface area contributed by atoms with Gasteiger partial charge >= 0.3 is 5.97 Å². The lowest BCUT2D eigenvalue weighted by Gasteiger charge is -2.18. The van der Waals surface area contributed by atoms with Crippen molar-refractivity contribution < 1.29 is 23.9 Å². The molecular formula is C24H29NO5. The van der Waals surface area contributed by atoms with Crippen LogP contribution in [0.1, 0.15) is 62.4 Å². The average molecular weight is 411 g/mol. The van der Waals surface area contributed by atoms with Crippen LogP contribution in [0.3, 0.4) is 0 Å². The van der Waals surface area contributed by atoms with E-state index in [1.165, 1.54) is 6.92 Å². The Morgan fingerprint density at radius 1 is 0.967 bits per heavy atom. The molecule has 1 N–H and O–H groups in total. The van der Waals surface area contributed by atoms with Crippen molar-refractivity contribution in [3.8, 4) is 5.75 Å². The third kappa shape index (κ3) is 6.44. The first-order chi connectivity index (χ1) is 14.3. The highest BCUT2D eigenvalue weighted by Crippen LogP contribution is 2.26. The Kier molecular flexibility index (Phi) is 8.59. The average Bonchev–Trinajstić information content (AvgIpc) is 2.77. The predicted octanol–water partition coefficient (Wildman–Crippen LogP) is 4.74. The maximum Gasteiger partial charge on any atom is 0.344 e. The highest BCUT2D eigenvalue weighted by molar-refractivity contribution is 5.96. The van der Waals surface area contributed by atoms with E-state index in [0.717, 1.165) is 17.7 Å². The van der Waals surface area contributed by atoms with Gasteiger partial charge in [-0.15, -0.1) is 0 Å². The van der Waals surface area contributed by atoms with Crippen LogP contribution >= 0.6 is 0 Å². The summed E-state index contributed by atoms with van der Waals surface area (Å²) in [6.45, 7) is 7.16. The van der Waals surface area contributed by atoms with Crippen molar-refractivity contribution in [3.63, 3.8) is 0 Å². The van der Waals surface area contributed by atoms with Crippen LogP contribution in [0.4, 0.5) is 5.69 Å². The third-order valence-electron chi connectivity index (χ3n) is 4.89. The molecule has 2 aromatic carbocycles. The zero-order valence-electron chi connectivity index (χ0n) is 17.9. The van der Waals surface area contributed by atoms with Gasteiger partial charge in [-0.25, -0.2) is 4.79 Å². The number of benzene rings is 2. The van der Waals surface area contributed by atoms with Gasteiger partial charge in [0.1, 0.15) is 5.75 Å². The SMILES string of the molecule is CCC(=O)c1ccc(OCC(=O)O[C@H](C)C(=O)Nc2ccccc2[C@H](C)CC)cc1. The van der Waals surface area contributed by atoms with Gasteiger partial charge in [0.25, 0.3) is 5.91 Å². The molecule has 0 aliphatic carbocycles. The van der Waals surface area contributed by atoms with Crippen LogP contribution in [0.2, 0.25) is 0 Å². The molecule has 0 saturated carbocycles. The lowest BCUT2D eigenvalue weighted by atomic mass is 9.97. The fourth-order valence-corrected chi connectivity index (χ4v) is 2.86. The van der Waals surface area contributed by atoms with E-state index in [2.05, 4.69) is 19.2 Å². The first kappa shape index (κ1) is 23.1. The molecule has 0 saturated heterocycles. The molecule has 0 radical (unpaired) electrons. The number of carbonyl (C=O) groups is 3. The molecule has 0 unspecified atom stereocenters. The van der Waals surface area contributed by atoms with E-state index in [-0.39, 0.29) is 12.4 Å². The first-order valence-corrected chi connectivity index (χ1v) is 10.2. The third-order valence-corrected chi connectivity index (χ3v) is 4.89. The lowest BCUT2D eigenvalue weighted by molar-refractivity contribution is -0.155. The summed E-state index contributed by atoms with van der Waals surface area (Å²) < 4.78 is 10.6. The van der Waals surface area contributed by atoms with Crippen molar-refractivity contribution in [2.24, 2.45) is 0 Å². The van der Waals surface area contributed by atoms with Crippen LogP contribution in [0.25, 0.3) is 0 Å². The minimum Gasteiger partial charge on any atom is -0.482 e. The fourth-order valence-electron chi connectivity index (χ4n) is 2.86. The molecule has 6 heteroatoms. The number of amides is 1. The molecule has 2 atom stereocenters. The second-order valence-electron chi connectivity index (χ2n) is 7.11. The Morgan fingerprint density at radius 2 is 1.63 bits per heavy atom. The Labute approximate surface area is 177 Å². The highest BCUT2D eigenvalue weighted by atomic mass is 16.6. The minimum absolute atomic E-state index is 0.0377. The zero-order valence-corrected chi connectivity index (χ0v) is 17.9. The first-order valence-electron chi connectivity index (χ1n) is 10.2. The molecule has 6 nitrogen and oxygen atoms in total. The molecule has 0 aromatic heterocycles. The monoisotopic (exact) mass is 411 g/mol. The molecule has 0 aliphatic rings.